The van der Waals surface area contributed by atoms with Crippen LogP contribution in [-0.4, -0.2) is 51.7 Å². The summed E-state index contributed by atoms with van der Waals surface area (Å²) in [5.74, 6) is 0. The Bertz CT molecular complexity index is 1420. The minimum atomic E-state index is -3.88. The number of sulfone groups is 1. The summed E-state index contributed by atoms with van der Waals surface area (Å²) in [7, 11) is 3.72. The van der Waals surface area contributed by atoms with Crippen LogP contribution in [0.4, 0.5) is 0 Å². The van der Waals surface area contributed by atoms with Crippen LogP contribution in [0.3, 0.4) is 0 Å². The van der Waals surface area contributed by atoms with Crippen LogP contribution in [0.5, 0.6) is 0 Å². The lowest BCUT2D eigenvalue weighted by atomic mass is 10.1. The minimum Gasteiger partial charge on any atom is -0.380 e. The van der Waals surface area contributed by atoms with E-state index in [0.29, 0.717) is 16.3 Å². The molecule has 0 aromatic heterocycles. The predicted molar refractivity (Wildman–Crippen MR) is 151 cm³/mol. The molecule has 0 radical (unpaired) electrons. The third-order valence-corrected chi connectivity index (χ3v) is 8.24. The van der Waals surface area contributed by atoms with Crippen molar-refractivity contribution in [1.29, 1.82) is 0 Å². The SMILES string of the molecule is CN(C)C(=Cc1ccccc1)C(C(=Cc1ccccc1)N(C)C)S(=O)(=O)c1cccc2ccccc12. The van der Waals surface area contributed by atoms with Crippen molar-refractivity contribution in [2.45, 2.75) is 10.1 Å². The summed E-state index contributed by atoms with van der Waals surface area (Å²) in [6.07, 6.45) is 3.94. The van der Waals surface area contributed by atoms with Crippen molar-refractivity contribution in [3.8, 4) is 0 Å². The molecule has 0 unspecified atom stereocenters. The van der Waals surface area contributed by atoms with Crippen molar-refractivity contribution in [2.75, 3.05) is 28.2 Å². The Balaban J connectivity index is 2.03. The maximum Gasteiger partial charge on any atom is 0.193 e. The first-order valence-corrected chi connectivity index (χ1v) is 13.4. The van der Waals surface area contributed by atoms with E-state index < -0.39 is 15.1 Å². The highest BCUT2D eigenvalue weighted by molar-refractivity contribution is 7.92. The minimum absolute atomic E-state index is 0.326. The zero-order chi connectivity index (χ0) is 25.7. The van der Waals surface area contributed by atoms with E-state index in [4.69, 9.17) is 0 Å². The van der Waals surface area contributed by atoms with Gasteiger partial charge >= 0.3 is 0 Å². The molecule has 36 heavy (non-hydrogen) atoms. The molecular formula is C31H32N2O2S. The van der Waals surface area contributed by atoms with Gasteiger partial charge in [-0.3, -0.25) is 0 Å². The van der Waals surface area contributed by atoms with Crippen molar-refractivity contribution in [3.63, 3.8) is 0 Å². The Kier molecular flexibility index (Phi) is 7.61. The molecule has 0 saturated heterocycles. The molecule has 0 spiro atoms. The predicted octanol–water partition coefficient (Wildman–Crippen LogP) is 6.19. The molecular weight excluding hydrogens is 464 g/mol. The van der Waals surface area contributed by atoms with Gasteiger partial charge in [-0.25, -0.2) is 8.42 Å². The molecule has 0 aliphatic heterocycles. The van der Waals surface area contributed by atoms with Gasteiger partial charge in [0.2, 0.25) is 0 Å². The fraction of sp³-hybridized carbons (Fsp3) is 0.161. The third-order valence-electron chi connectivity index (χ3n) is 6.16. The number of rotatable bonds is 8. The van der Waals surface area contributed by atoms with Crippen LogP contribution < -0.4 is 0 Å². The van der Waals surface area contributed by atoms with Crippen LogP contribution in [-0.2, 0) is 9.84 Å². The molecule has 0 aliphatic rings. The quantitative estimate of drug-likeness (QED) is 0.292. The highest BCUT2D eigenvalue weighted by Crippen LogP contribution is 2.35. The summed E-state index contributed by atoms with van der Waals surface area (Å²) < 4.78 is 29.4. The maximum atomic E-state index is 14.7. The van der Waals surface area contributed by atoms with E-state index in [9.17, 15) is 8.42 Å². The van der Waals surface area contributed by atoms with Crippen LogP contribution in [0.1, 0.15) is 11.1 Å². The van der Waals surface area contributed by atoms with Crippen molar-refractivity contribution in [3.05, 3.63) is 126 Å². The summed E-state index contributed by atoms with van der Waals surface area (Å²) in [6, 6.07) is 32.8. The normalized spacial score (nSPS) is 13.4. The van der Waals surface area contributed by atoms with Gasteiger partial charge in [0.1, 0.15) is 5.25 Å². The van der Waals surface area contributed by atoms with E-state index in [0.717, 1.165) is 21.9 Å². The van der Waals surface area contributed by atoms with Gasteiger partial charge in [0, 0.05) is 45.0 Å². The summed E-state index contributed by atoms with van der Waals surface area (Å²) >= 11 is 0. The van der Waals surface area contributed by atoms with Crippen LogP contribution in [0.2, 0.25) is 0 Å². The molecule has 184 valence electrons. The first-order chi connectivity index (χ1) is 17.3. The molecule has 0 bridgehead atoms. The first kappa shape index (κ1) is 25.3. The molecule has 0 amide bonds. The summed E-state index contributed by atoms with van der Waals surface area (Å²) in [6.45, 7) is 0. The van der Waals surface area contributed by atoms with Crippen molar-refractivity contribution in [1.82, 2.24) is 9.80 Å². The van der Waals surface area contributed by atoms with Gasteiger partial charge in [0.05, 0.1) is 4.90 Å². The topological polar surface area (TPSA) is 40.6 Å². The lowest BCUT2D eigenvalue weighted by molar-refractivity contribution is 0.449. The second kappa shape index (κ2) is 10.8. The first-order valence-electron chi connectivity index (χ1n) is 11.9. The van der Waals surface area contributed by atoms with E-state index in [1.54, 1.807) is 6.07 Å². The average Bonchev–Trinajstić information content (AvgIpc) is 2.88. The highest BCUT2D eigenvalue weighted by Gasteiger charge is 2.37. The number of hydrogen-bond acceptors (Lipinski definition) is 4. The number of nitrogens with zero attached hydrogens (tertiary/aromatic N) is 2. The second-order valence-corrected chi connectivity index (χ2v) is 11.2. The Morgan fingerprint density at radius 1 is 0.611 bits per heavy atom. The third kappa shape index (κ3) is 5.37. The molecule has 4 nitrogen and oxygen atoms in total. The van der Waals surface area contributed by atoms with Gasteiger partial charge in [-0.1, -0.05) is 97.1 Å². The molecule has 0 heterocycles. The standard InChI is InChI=1S/C31H32N2O2S/c1-32(2)28(22-24-14-7-5-8-15-24)31(29(33(3)4)23-25-16-9-6-10-17-25)36(34,35)30-21-13-19-26-18-11-12-20-27(26)30/h5-23,31H,1-4H3. The number of hydrogen-bond donors (Lipinski definition) is 0. The molecule has 0 atom stereocenters. The summed E-state index contributed by atoms with van der Waals surface area (Å²) in [5.41, 5.74) is 3.25. The van der Waals surface area contributed by atoms with Crippen molar-refractivity contribution in [2.24, 2.45) is 0 Å². The van der Waals surface area contributed by atoms with Gasteiger partial charge in [-0.15, -0.1) is 0 Å². The van der Waals surface area contributed by atoms with Crippen LogP contribution in [0.25, 0.3) is 22.9 Å². The van der Waals surface area contributed by atoms with Gasteiger partial charge < -0.3 is 9.80 Å². The second-order valence-electron chi connectivity index (χ2n) is 9.15. The Labute approximate surface area is 214 Å². The van der Waals surface area contributed by atoms with E-state index in [2.05, 4.69) is 0 Å². The molecule has 4 rings (SSSR count). The molecule has 4 aromatic carbocycles. The molecule has 0 saturated carbocycles. The van der Waals surface area contributed by atoms with Gasteiger partial charge in [0.25, 0.3) is 0 Å². The van der Waals surface area contributed by atoms with E-state index in [-0.39, 0.29) is 0 Å². The molecule has 4 aromatic rings. The largest absolute Gasteiger partial charge is 0.380 e. The Morgan fingerprint density at radius 3 is 1.56 bits per heavy atom. The molecule has 0 aliphatic carbocycles. The maximum absolute atomic E-state index is 14.7. The van der Waals surface area contributed by atoms with E-state index in [1.807, 2.05) is 147 Å². The zero-order valence-electron chi connectivity index (χ0n) is 21.2. The fourth-order valence-corrected chi connectivity index (χ4v) is 6.57. The fourth-order valence-electron chi connectivity index (χ4n) is 4.36. The zero-order valence-corrected chi connectivity index (χ0v) is 22.0. The molecule has 5 heteroatoms. The van der Waals surface area contributed by atoms with Crippen LogP contribution >= 0.6 is 0 Å². The molecule has 0 N–H and O–H groups in total. The summed E-state index contributed by atoms with van der Waals surface area (Å²) in [4.78, 5) is 4.14. The van der Waals surface area contributed by atoms with Gasteiger partial charge in [0.15, 0.2) is 9.84 Å². The monoisotopic (exact) mass is 496 g/mol. The van der Waals surface area contributed by atoms with Gasteiger partial charge in [-0.2, -0.15) is 0 Å². The van der Waals surface area contributed by atoms with E-state index in [1.165, 1.54) is 0 Å². The number of benzene rings is 4. The average molecular weight is 497 g/mol. The van der Waals surface area contributed by atoms with Crippen LogP contribution in [0, 0.1) is 0 Å². The Morgan fingerprint density at radius 2 is 1.06 bits per heavy atom. The van der Waals surface area contributed by atoms with Gasteiger partial charge in [-0.05, 0) is 34.7 Å². The van der Waals surface area contributed by atoms with Crippen molar-refractivity contribution >= 4 is 32.8 Å². The summed E-state index contributed by atoms with van der Waals surface area (Å²) in [5, 5.41) is 0.684. The smallest absolute Gasteiger partial charge is 0.193 e. The lowest BCUT2D eigenvalue weighted by Crippen LogP contribution is -2.37. The molecule has 0 fully saturated rings. The highest BCUT2D eigenvalue weighted by atomic mass is 32.2. The van der Waals surface area contributed by atoms with Crippen molar-refractivity contribution < 1.29 is 8.42 Å². The number of fused-ring (bicyclic) bond motifs is 1. The van der Waals surface area contributed by atoms with Crippen LogP contribution in [0.15, 0.2) is 119 Å². The lowest BCUT2D eigenvalue weighted by Gasteiger charge is -2.32. The Hall–Kier alpha value is -3.83. The van der Waals surface area contributed by atoms with E-state index >= 15 is 0 Å².